The molecule has 8 heteroatoms. The lowest BCUT2D eigenvalue weighted by atomic mass is 10.2. The normalized spacial score (nSPS) is 11.6. The molecule has 1 N–H and O–H groups in total. The highest BCUT2D eigenvalue weighted by atomic mass is 35.5. The number of benzene rings is 2. The molecule has 3 rings (SSSR count). The van der Waals surface area contributed by atoms with Gasteiger partial charge in [-0.25, -0.2) is 4.79 Å². The van der Waals surface area contributed by atoms with Gasteiger partial charge < -0.3 is 9.84 Å². The summed E-state index contributed by atoms with van der Waals surface area (Å²) in [6.07, 6.45) is 0. The number of halogens is 1. The number of ether oxygens (including phenoxy) is 1. The maximum absolute atomic E-state index is 12.5. The van der Waals surface area contributed by atoms with Crippen molar-refractivity contribution in [3.8, 4) is 11.4 Å². The van der Waals surface area contributed by atoms with Crippen molar-refractivity contribution in [2.75, 3.05) is 7.11 Å². The van der Waals surface area contributed by atoms with E-state index in [9.17, 15) is 9.90 Å². The Labute approximate surface area is 147 Å². The fraction of sp³-hybridized carbons (Fsp3) is 0.118. The average molecular weight is 360 g/mol. The molecule has 1 aromatic heterocycles. The smallest absolute Gasteiger partial charge is 0.436 e. The molecule has 0 amide bonds. The second kappa shape index (κ2) is 6.82. The summed E-state index contributed by atoms with van der Waals surface area (Å²) < 4.78 is 11.1. The van der Waals surface area contributed by atoms with E-state index >= 15 is 0 Å². The minimum Gasteiger partial charge on any atom is -0.854 e. The number of aliphatic imine (C=N–C) groups is 1. The molecule has 0 fully saturated rings. The molecule has 0 aliphatic heterocycles. The highest BCUT2D eigenvalue weighted by Crippen LogP contribution is 2.23. The number of aromatic amines is 1. The average Bonchev–Trinajstić information content (AvgIpc) is 3.00. The van der Waals surface area contributed by atoms with Gasteiger partial charge in [0.15, 0.2) is 0 Å². The Bertz CT molecular complexity index is 990. The summed E-state index contributed by atoms with van der Waals surface area (Å²) in [6.45, 7) is 1.79. The van der Waals surface area contributed by atoms with E-state index in [0.29, 0.717) is 22.1 Å². The molecule has 0 saturated carbocycles. The van der Waals surface area contributed by atoms with Gasteiger partial charge in [-0.15, -0.1) is 0 Å². The number of rotatable bonds is 4. The Morgan fingerprint density at radius 3 is 2.68 bits per heavy atom. The van der Waals surface area contributed by atoms with Gasteiger partial charge in [0.1, 0.15) is 5.75 Å². The minimum atomic E-state index is -0.816. The predicted octanol–water partition coefficient (Wildman–Crippen LogP) is 1.65. The number of nitrogens with zero attached hydrogens (tertiary/aromatic N) is 2. The summed E-state index contributed by atoms with van der Waals surface area (Å²) in [5.74, 6) is -0.0986. The molecule has 0 aliphatic carbocycles. The number of methoxy groups -OCH3 is 1. The van der Waals surface area contributed by atoms with Gasteiger partial charge in [0.05, 0.1) is 18.7 Å². The Morgan fingerprint density at radius 1 is 1.28 bits per heavy atom. The fourth-order valence-electron chi connectivity index (χ4n) is 2.23. The topological polar surface area (TPSA) is 94.5 Å². The number of H-pyrrole nitrogens is 1. The third-order valence-corrected chi connectivity index (χ3v) is 3.81. The SMILES string of the molecule is COc1ccc(-[n+]2[nH]oc(=O)c2C([O-])=Nc2cc(Cl)ccc2C)cc1. The van der Waals surface area contributed by atoms with Crippen LogP contribution in [0.1, 0.15) is 11.3 Å². The van der Waals surface area contributed by atoms with Gasteiger partial charge in [-0.3, -0.25) is 9.52 Å². The lowest BCUT2D eigenvalue weighted by molar-refractivity contribution is -0.673. The van der Waals surface area contributed by atoms with E-state index in [1.807, 2.05) is 0 Å². The molecule has 0 bridgehead atoms. The molecule has 0 radical (unpaired) electrons. The van der Waals surface area contributed by atoms with Crippen LogP contribution in [0.2, 0.25) is 5.02 Å². The highest BCUT2D eigenvalue weighted by molar-refractivity contribution is 6.30. The summed E-state index contributed by atoms with van der Waals surface area (Å²) >= 11 is 5.94. The number of hydrogen-bond donors (Lipinski definition) is 1. The van der Waals surface area contributed by atoms with Gasteiger partial charge in [0, 0.05) is 17.2 Å². The van der Waals surface area contributed by atoms with Crippen LogP contribution in [-0.4, -0.2) is 18.3 Å². The zero-order valence-electron chi connectivity index (χ0n) is 13.4. The predicted molar refractivity (Wildman–Crippen MR) is 89.8 cm³/mol. The molecule has 0 saturated heterocycles. The van der Waals surface area contributed by atoms with Crippen LogP contribution in [0.4, 0.5) is 5.69 Å². The van der Waals surface area contributed by atoms with Gasteiger partial charge in [0.25, 0.3) is 0 Å². The van der Waals surface area contributed by atoms with E-state index in [1.165, 1.54) is 4.68 Å². The Balaban J connectivity index is 2.08. The molecule has 0 aliphatic rings. The summed E-state index contributed by atoms with van der Waals surface area (Å²) in [4.78, 5) is 16.0. The van der Waals surface area contributed by atoms with E-state index in [4.69, 9.17) is 20.9 Å². The summed E-state index contributed by atoms with van der Waals surface area (Å²) in [6, 6.07) is 11.7. The van der Waals surface area contributed by atoms with E-state index in [0.717, 1.165) is 5.56 Å². The van der Waals surface area contributed by atoms with Crippen molar-refractivity contribution >= 4 is 23.2 Å². The van der Waals surface area contributed by atoms with Crippen molar-refractivity contribution in [3.63, 3.8) is 0 Å². The molecule has 0 unspecified atom stereocenters. The molecule has 0 atom stereocenters. The van der Waals surface area contributed by atoms with Crippen molar-refractivity contribution in [1.29, 1.82) is 0 Å². The van der Waals surface area contributed by atoms with Crippen LogP contribution in [-0.2, 0) is 0 Å². The summed E-state index contributed by atoms with van der Waals surface area (Å²) in [5.41, 5.74) is 0.606. The molecule has 0 spiro atoms. The van der Waals surface area contributed by atoms with Crippen LogP contribution < -0.4 is 20.2 Å². The molecule has 128 valence electrons. The standard InChI is InChI=1S/C17H14ClN3O4/c1-10-3-4-11(18)9-14(10)19-16(22)15-17(23)25-20-21(15)12-5-7-13(24-2)8-6-12/h3-9H,1-2H3,(H-,19,20,22,23). The maximum atomic E-state index is 12.5. The first-order chi connectivity index (χ1) is 12.0. The molecule has 25 heavy (non-hydrogen) atoms. The van der Waals surface area contributed by atoms with Crippen LogP contribution in [0, 0.1) is 6.92 Å². The summed E-state index contributed by atoms with van der Waals surface area (Å²) in [5, 5.41) is 15.4. The van der Waals surface area contributed by atoms with Crippen molar-refractivity contribution in [1.82, 2.24) is 5.27 Å². The number of nitrogens with one attached hydrogen (secondary N) is 1. The van der Waals surface area contributed by atoms with E-state index in [1.54, 1.807) is 56.5 Å². The monoisotopic (exact) mass is 359 g/mol. The molecule has 7 nitrogen and oxygen atoms in total. The van der Waals surface area contributed by atoms with Gasteiger partial charge in [-0.05, 0) is 46.7 Å². The second-order valence-electron chi connectivity index (χ2n) is 5.21. The Morgan fingerprint density at radius 2 is 2.00 bits per heavy atom. The largest absolute Gasteiger partial charge is 0.854 e. The van der Waals surface area contributed by atoms with Gasteiger partial charge >= 0.3 is 11.3 Å². The zero-order valence-corrected chi connectivity index (χ0v) is 14.2. The van der Waals surface area contributed by atoms with Crippen LogP contribution in [0.3, 0.4) is 0 Å². The maximum Gasteiger partial charge on any atom is 0.436 e. The van der Waals surface area contributed by atoms with Crippen LogP contribution in [0.5, 0.6) is 5.75 Å². The second-order valence-corrected chi connectivity index (χ2v) is 5.65. The quantitative estimate of drug-likeness (QED) is 0.435. The third-order valence-electron chi connectivity index (χ3n) is 3.57. The number of aromatic nitrogens is 2. The van der Waals surface area contributed by atoms with Crippen molar-refractivity contribution in [3.05, 3.63) is 69.2 Å². The fourth-order valence-corrected chi connectivity index (χ4v) is 2.40. The molecule has 1 heterocycles. The first-order valence-corrected chi connectivity index (χ1v) is 7.67. The highest BCUT2D eigenvalue weighted by Gasteiger charge is 2.24. The molecule has 3 aromatic rings. The third kappa shape index (κ3) is 3.41. The van der Waals surface area contributed by atoms with E-state index in [-0.39, 0.29) is 5.69 Å². The molecular formula is C17H14ClN3O4. The van der Waals surface area contributed by atoms with Crippen LogP contribution in [0.25, 0.3) is 5.69 Å². The van der Waals surface area contributed by atoms with Gasteiger partial charge in [-0.1, -0.05) is 17.7 Å². The number of hydrogen-bond acceptors (Lipinski definition) is 5. The van der Waals surface area contributed by atoms with Crippen molar-refractivity contribution in [2.45, 2.75) is 6.92 Å². The van der Waals surface area contributed by atoms with Crippen LogP contribution in [0.15, 0.2) is 56.8 Å². The first kappa shape index (κ1) is 16.8. The lowest BCUT2D eigenvalue weighted by Gasteiger charge is -2.07. The minimum absolute atomic E-state index is 0.246. The Hall–Kier alpha value is -3.06. The van der Waals surface area contributed by atoms with Gasteiger partial charge in [0.2, 0.25) is 5.69 Å². The van der Waals surface area contributed by atoms with E-state index in [2.05, 4.69) is 10.3 Å². The van der Waals surface area contributed by atoms with Crippen molar-refractivity contribution < 1.29 is 19.0 Å². The van der Waals surface area contributed by atoms with Crippen molar-refractivity contribution in [2.24, 2.45) is 4.99 Å². The first-order valence-electron chi connectivity index (χ1n) is 7.30. The Kier molecular flexibility index (Phi) is 4.58. The molecule has 2 aromatic carbocycles. The van der Waals surface area contributed by atoms with Gasteiger partial charge in [-0.2, -0.15) is 0 Å². The lowest BCUT2D eigenvalue weighted by Crippen LogP contribution is -2.44. The van der Waals surface area contributed by atoms with E-state index < -0.39 is 11.5 Å². The number of aryl methyl sites for hydroxylation is 1. The zero-order chi connectivity index (χ0) is 18.0. The van der Waals surface area contributed by atoms with Crippen LogP contribution >= 0.6 is 11.6 Å². The summed E-state index contributed by atoms with van der Waals surface area (Å²) in [7, 11) is 1.54. The molecular weight excluding hydrogens is 346 g/mol.